The number of halogens is 1. The molecule has 0 heterocycles. The van der Waals surface area contributed by atoms with E-state index >= 15 is 0 Å². The maximum absolute atomic E-state index is 5.23. The molecular formula is C14H27IO. The highest BCUT2D eigenvalue weighted by Crippen LogP contribution is 2.50. The fourth-order valence-corrected chi connectivity index (χ4v) is 3.68. The van der Waals surface area contributed by atoms with Crippen molar-refractivity contribution in [2.45, 2.75) is 72.1 Å². The summed E-state index contributed by atoms with van der Waals surface area (Å²) in [5.41, 5.74) is 1.14. The van der Waals surface area contributed by atoms with E-state index < -0.39 is 0 Å². The van der Waals surface area contributed by atoms with Gasteiger partial charge in [-0.3, -0.25) is 0 Å². The van der Waals surface area contributed by atoms with Crippen molar-refractivity contribution < 1.29 is 3.07 Å². The number of rotatable bonds is 6. The van der Waals surface area contributed by atoms with Crippen LogP contribution in [0.3, 0.4) is 0 Å². The molecule has 96 valence electrons. The summed E-state index contributed by atoms with van der Waals surface area (Å²) in [5, 5.41) is 0. The van der Waals surface area contributed by atoms with Gasteiger partial charge in [-0.15, -0.1) is 0 Å². The van der Waals surface area contributed by atoms with E-state index in [4.69, 9.17) is 3.07 Å². The van der Waals surface area contributed by atoms with Crippen molar-refractivity contribution in [3.05, 3.63) is 0 Å². The summed E-state index contributed by atoms with van der Waals surface area (Å²) in [5.74, 6) is 0. The number of hydrogen-bond acceptors (Lipinski definition) is 1. The summed E-state index contributed by atoms with van der Waals surface area (Å²) in [6.07, 6.45) is 11.0. The van der Waals surface area contributed by atoms with Crippen molar-refractivity contribution in [2.24, 2.45) is 10.8 Å². The smallest absolute Gasteiger partial charge is 0.109 e. The van der Waals surface area contributed by atoms with Gasteiger partial charge in [0.1, 0.15) is 23.0 Å². The van der Waals surface area contributed by atoms with Crippen molar-refractivity contribution in [1.82, 2.24) is 0 Å². The molecule has 0 amide bonds. The highest BCUT2D eigenvalue weighted by Gasteiger charge is 2.38. The monoisotopic (exact) mass is 338 g/mol. The Balaban J connectivity index is 2.50. The van der Waals surface area contributed by atoms with Gasteiger partial charge in [0.05, 0.1) is 6.61 Å². The van der Waals surface area contributed by atoms with E-state index in [2.05, 4.69) is 20.8 Å². The minimum atomic E-state index is 0.534. The second-order valence-corrected chi connectivity index (χ2v) is 6.94. The van der Waals surface area contributed by atoms with E-state index in [0.717, 1.165) is 6.61 Å². The van der Waals surface area contributed by atoms with Crippen molar-refractivity contribution in [3.63, 3.8) is 0 Å². The van der Waals surface area contributed by atoms with E-state index in [1.807, 2.05) is 23.0 Å². The van der Waals surface area contributed by atoms with E-state index in [0.29, 0.717) is 10.8 Å². The lowest BCUT2D eigenvalue weighted by Crippen LogP contribution is -2.33. The highest BCUT2D eigenvalue weighted by molar-refractivity contribution is 14.1. The quantitative estimate of drug-likeness (QED) is 0.580. The molecule has 0 bridgehead atoms. The van der Waals surface area contributed by atoms with Crippen LogP contribution in [0.25, 0.3) is 0 Å². The molecule has 2 atom stereocenters. The Bertz CT molecular complexity index is 187. The van der Waals surface area contributed by atoms with Gasteiger partial charge in [0.2, 0.25) is 0 Å². The Morgan fingerprint density at radius 1 is 1.12 bits per heavy atom. The summed E-state index contributed by atoms with van der Waals surface area (Å²) >= 11 is 2.02. The zero-order chi connectivity index (χ0) is 12.1. The van der Waals surface area contributed by atoms with Gasteiger partial charge in [-0.1, -0.05) is 40.0 Å². The van der Waals surface area contributed by atoms with E-state index in [9.17, 15) is 0 Å². The predicted octanol–water partition coefficient (Wildman–Crippen LogP) is 5.52. The molecule has 0 N–H and O–H groups in total. The van der Waals surface area contributed by atoms with Crippen molar-refractivity contribution in [3.8, 4) is 0 Å². The van der Waals surface area contributed by atoms with E-state index in [1.54, 1.807) is 0 Å². The molecule has 0 saturated heterocycles. The fraction of sp³-hybridized carbons (Fsp3) is 1.00. The molecule has 1 fully saturated rings. The van der Waals surface area contributed by atoms with Crippen LogP contribution in [0.5, 0.6) is 0 Å². The zero-order valence-corrected chi connectivity index (χ0v) is 13.3. The van der Waals surface area contributed by atoms with Gasteiger partial charge in [-0.05, 0) is 42.9 Å². The summed E-state index contributed by atoms with van der Waals surface area (Å²) in [7, 11) is 0. The van der Waals surface area contributed by atoms with Crippen molar-refractivity contribution in [1.29, 1.82) is 0 Å². The number of hydrogen-bond donors (Lipinski definition) is 0. The first-order valence-electron chi connectivity index (χ1n) is 6.77. The van der Waals surface area contributed by atoms with Crippen molar-refractivity contribution >= 4 is 23.0 Å². The molecule has 1 rings (SSSR count). The van der Waals surface area contributed by atoms with Crippen LogP contribution in [0.4, 0.5) is 0 Å². The van der Waals surface area contributed by atoms with Crippen LogP contribution in [-0.4, -0.2) is 6.61 Å². The van der Waals surface area contributed by atoms with Crippen LogP contribution in [0.2, 0.25) is 0 Å². The molecule has 0 spiro atoms. The Morgan fingerprint density at radius 2 is 1.75 bits per heavy atom. The average Bonchev–Trinajstić information content (AvgIpc) is 2.24. The highest BCUT2D eigenvalue weighted by atomic mass is 127. The third-order valence-corrected chi connectivity index (χ3v) is 4.77. The van der Waals surface area contributed by atoms with Crippen LogP contribution >= 0.6 is 23.0 Å². The van der Waals surface area contributed by atoms with Crippen LogP contribution in [0.1, 0.15) is 72.1 Å². The molecule has 1 aliphatic rings. The molecule has 1 nitrogen and oxygen atoms in total. The van der Waals surface area contributed by atoms with Gasteiger partial charge in [0.25, 0.3) is 0 Å². The first kappa shape index (κ1) is 14.7. The van der Waals surface area contributed by atoms with Gasteiger partial charge in [-0.2, -0.15) is 0 Å². The van der Waals surface area contributed by atoms with E-state index in [1.165, 1.54) is 51.4 Å². The lowest BCUT2D eigenvalue weighted by atomic mass is 9.61. The minimum Gasteiger partial charge on any atom is -0.316 e. The Morgan fingerprint density at radius 3 is 2.31 bits per heavy atom. The topological polar surface area (TPSA) is 9.23 Å². The predicted molar refractivity (Wildman–Crippen MR) is 78.8 cm³/mol. The Labute approximate surface area is 115 Å². The average molecular weight is 338 g/mol. The number of unbranched alkanes of at least 4 members (excludes halogenated alkanes) is 1. The molecular weight excluding hydrogens is 311 g/mol. The minimum absolute atomic E-state index is 0.534. The summed E-state index contributed by atoms with van der Waals surface area (Å²) < 4.78 is 5.23. The molecule has 1 aliphatic carbocycles. The lowest BCUT2D eigenvalue weighted by molar-refractivity contribution is 0.0607. The molecule has 0 aliphatic heterocycles. The summed E-state index contributed by atoms with van der Waals surface area (Å²) in [4.78, 5) is 0. The molecule has 0 aromatic carbocycles. The van der Waals surface area contributed by atoms with Gasteiger partial charge < -0.3 is 3.07 Å². The molecule has 1 saturated carbocycles. The SMILES string of the molecule is CCCCC1(C)CCCC(C)(CCOI)C1. The van der Waals surface area contributed by atoms with Gasteiger partial charge in [0.15, 0.2) is 0 Å². The third kappa shape index (κ3) is 4.52. The van der Waals surface area contributed by atoms with Gasteiger partial charge >= 0.3 is 0 Å². The standard InChI is InChI=1S/C14H27IO/c1-4-5-7-13(2)8-6-9-14(3,12-13)10-11-16-15/h4-12H2,1-3H3. The molecule has 0 aromatic heterocycles. The third-order valence-electron chi connectivity index (χ3n) is 4.33. The van der Waals surface area contributed by atoms with E-state index in [-0.39, 0.29) is 0 Å². The Hall–Kier alpha value is 0.690. The summed E-state index contributed by atoms with van der Waals surface area (Å²) in [6, 6.07) is 0. The largest absolute Gasteiger partial charge is 0.316 e. The fourth-order valence-electron chi connectivity index (χ4n) is 3.46. The maximum atomic E-state index is 5.23. The second kappa shape index (κ2) is 6.58. The maximum Gasteiger partial charge on any atom is 0.109 e. The molecule has 2 unspecified atom stereocenters. The Kier molecular flexibility index (Phi) is 6.06. The molecule has 16 heavy (non-hydrogen) atoms. The van der Waals surface area contributed by atoms with Crippen LogP contribution in [0.15, 0.2) is 0 Å². The van der Waals surface area contributed by atoms with Crippen LogP contribution in [0, 0.1) is 10.8 Å². The van der Waals surface area contributed by atoms with Crippen molar-refractivity contribution in [2.75, 3.05) is 6.61 Å². The van der Waals surface area contributed by atoms with Crippen LogP contribution < -0.4 is 0 Å². The molecule has 0 aromatic rings. The summed E-state index contributed by atoms with van der Waals surface area (Å²) in [6.45, 7) is 8.19. The second-order valence-electron chi connectivity index (χ2n) is 6.32. The zero-order valence-electron chi connectivity index (χ0n) is 11.2. The molecule has 0 radical (unpaired) electrons. The molecule has 2 heteroatoms. The lowest BCUT2D eigenvalue weighted by Gasteiger charge is -2.45. The first-order chi connectivity index (χ1) is 7.54. The van der Waals surface area contributed by atoms with Gasteiger partial charge in [-0.25, -0.2) is 0 Å². The normalized spacial score (nSPS) is 35.2. The van der Waals surface area contributed by atoms with Gasteiger partial charge in [0, 0.05) is 0 Å². The van der Waals surface area contributed by atoms with Crippen LogP contribution in [-0.2, 0) is 3.07 Å². The first-order valence-corrected chi connectivity index (χ1v) is 7.65.